The number of rotatable bonds is 4. The third-order valence-corrected chi connectivity index (χ3v) is 6.73. The van der Waals surface area contributed by atoms with E-state index in [1.807, 2.05) is 24.3 Å². The normalized spacial score (nSPS) is 17.1. The molecular weight excluding hydrogens is 382 g/mol. The molecule has 27 heavy (non-hydrogen) atoms. The van der Waals surface area contributed by atoms with E-state index in [-0.39, 0.29) is 5.92 Å². The highest BCUT2D eigenvalue weighted by Gasteiger charge is 2.28. The van der Waals surface area contributed by atoms with E-state index in [9.17, 15) is 8.42 Å². The van der Waals surface area contributed by atoms with E-state index in [0.717, 1.165) is 35.3 Å². The fourth-order valence-electron chi connectivity index (χ4n) is 3.37. The summed E-state index contributed by atoms with van der Waals surface area (Å²) in [6.07, 6.45) is 3.12. The summed E-state index contributed by atoms with van der Waals surface area (Å²) in [5.74, 6) is 1.20. The molecule has 7 heteroatoms. The maximum Gasteiger partial charge on any atom is 0.236 e. The monoisotopic (exact) mass is 401 g/mol. The zero-order valence-corrected chi connectivity index (χ0v) is 16.2. The summed E-state index contributed by atoms with van der Waals surface area (Å²) in [4.78, 5) is 8.02. The first-order valence-electron chi connectivity index (χ1n) is 8.90. The quantitative estimate of drug-likeness (QED) is 0.704. The van der Waals surface area contributed by atoms with Gasteiger partial charge in [0, 0.05) is 29.4 Å². The Morgan fingerprint density at radius 3 is 2.48 bits per heavy atom. The van der Waals surface area contributed by atoms with Crippen LogP contribution in [-0.2, 0) is 10.0 Å². The van der Waals surface area contributed by atoms with Crippen LogP contribution in [0.25, 0.3) is 17.1 Å². The minimum atomic E-state index is -3.43. The highest BCUT2D eigenvalue weighted by Crippen LogP contribution is 2.29. The lowest BCUT2D eigenvalue weighted by Gasteiger charge is -2.29. The summed E-state index contributed by atoms with van der Waals surface area (Å²) in [5.41, 5.74) is 2.78. The number of aromatic amines is 1. The molecular formula is C20H20ClN3O2S. The molecule has 2 heterocycles. The maximum absolute atomic E-state index is 12.6. The second kappa shape index (κ2) is 7.46. The van der Waals surface area contributed by atoms with E-state index < -0.39 is 10.0 Å². The minimum Gasteiger partial charge on any atom is -0.342 e. The summed E-state index contributed by atoms with van der Waals surface area (Å²) < 4.78 is 26.7. The molecule has 0 radical (unpaired) electrons. The number of aromatic nitrogens is 2. The molecule has 0 amide bonds. The van der Waals surface area contributed by atoms with E-state index >= 15 is 0 Å². The smallest absolute Gasteiger partial charge is 0.236 e. The average Bonchev–Trinajstić information content (AvgIpc) is 3.12. The first-order valence-corrected chi connectivity index (χ1v) is 10.8. The van der Waals surface area contributed by atoms with E-state index in [1.165, 1.54) is 5.41 Å². The number of fused-ring (bicyclic) bond motifs is 1. The molecule has 2 aromatic carbocycles. The van der Waals surface area contributed by atoms with Crippen molar-refractivity contribution in [3.05, 3.63) is 70.3 Å². The Labute approximate surface area is 163 Å². The number of halogens is 1. The molecule has 0 atom stereocenters. The predicted octanol–water partition coefficient (Wildman–Crippen LogP) is 4.40. The van der Waals surface area contributed by atoms with Crippen molar-refractivity contribution in [2.75, 3.05) is 13.1 Å². The number of piperidine rings is 1. The molecule has 0 spiro atoms. The van der Waals surface area contributed by atoms with Gasteiger partial charge in [-0.2, -0.15) is 4.31 Å². The molecule has 1 aliphatic heterocycles. The number of H-pyrrole nitrogens is 1. The van der Waals surface area contributed by atoms with Gasteiger partial charge in [0.15, 0.2) is 0 Å². The summed E-state index contributed by atoms with van der Waals surface area (Å²) >= 11 is 5.86. The topological polar surface area (TPSA) is 66.1 Å². The van der Waals surface area contributed by atoms with Crippen LogP contribution >= 0.6 is 11.6 Å². The van der Waals surface area contributed by atoms with Crippen molar-refractivity contribution in [2.45, 2.75) is 18.8 Å². The SMILES string of the molecule is O=S(=O)(C=Cc1ccc(Cl)cc1)N1CCC(c2nc3ccccc3[nH]2)CC1. The van der Waals surface area contributed by atoms with Crippen molar-refractivity contribution < 1.29 is 8.42 Å². The molecule has 0 bridgehead atoms. The Morgan fingerprint density at radius 2 is 1.78 bits per heavy atom. The zero-order chi connectivity index (χ0) is 18.9. The van der Waals surface area contributed by atoms with Gasteiger partial charge in [-0.15, -0.1) is 0 Å². The summed E-state index contributed by atoms with van der Waals surface area (Å²) in [7, 11) is -3.43. The Balaban J connectivity index is 1.42. The van der Waals surface area contributed by atoms with Crippen LogP contribution in [0, 0.1) is 0 Å². The molecule has 1 aliphatic rings. The molecule has 0 saturated carbocycles. The molecule has 1 aromatic heterocycles. The molecule has 3 aromatic rings. The summed E-state index contributed by atoms with van der Waals surface area (Å²) in [6.45, 7) is 0.990. The van der Waals surface area contributed by atoms with Crippen molar-refractivity contribution in [2.24, 2.45) is 0 Å². The first kappa shape index (κ1) is 18.2. The van der Waals surface area contributed by atoms with Crippen LogP contribution in [0.3, 0.4) is 0 Å². The number of imidazole rings is 1. The number of nitrogens with zero attached hydrogens (tertiary/aromatic N) is 2. The van der Waals surface area contributed by atoms with Gasteiger partial charge in [-0.25, -0.2) is 13.4 Å². The van der Waals surface area contributed by atoms with Gasteiger partial charge in [0.1, 0.15) is 5.82 Å². The molecule has 4 rings (SSSR count). The second-order valence-corrected chi connectivity index (χ2v) is 8.97. The lowest BCUT2D eigenvalue weighted by atomic mass is 9.97. The zero-order valence-electron chi connectivity index (χ0n) is 14.7. The van der Waals surface area contributed by atoms with Crippen molar-refractivity contribution in [1.29, 1.82) is 0 Å². The maximum atomic E-state index is 12.6. The van der Waals surface area contributed by atoms with Crippen molar-refractivity contribution in [1.82, 2.24) is 14.3 Å². The fourth-order valence-corrected chi connectivity index (χ4v) is 4.72. The van der Waals surface area contributed by atoms with Gasteiger partial charge in [-0.1, -0.05) is 35.9 Å². The second-order valence-electron chi connectivity index (χ2n) is 6.71. The lowest BCUT2D eigenvalue weighted by molar-refractivity contribution is 0.317. The molecule has 1 N–H and O–H groups in total. The van der Waals surface area contributed by atoms with Crippen LogP contribution in [0.2, 0.25) is 5.02 Å². The van der Waals surface area contributed by atoms with Crippen molar-refractivity contribution in [3.8, 4) is 0 Å². The summed E-state index contributed by atoms with van der Waals surface area (Å²) in [6, 6.07) is 15.0. The Bertz CT molecular complexity index is 1030. The Kier molecular flexibility index (Phi) is 5.04. The number of sulfonamides is 1. The van der Waals surface area contributed by atoms with Gasteiger partial charge in [0.25, 0.3) is 0 Å². The average molecular weight is 402 g/mol. The van der Waals surface area contributed by atoms with Crippen LogP contribution in [-0.4, -0.2) is 35.8 Å². The molecule has 5 nitrogen and oxygen atoms in total. The van der Waals surface area contributed by atoms with Gasteiger partial charge in [-0.05, 0) is 48.7 Å². The molecule has 140 valence electrons. The van der Waals surface area contributed by atoms with Gasteiger partial charge in [0.2, 0.25) is 10.0 Å². The molecule has 0 aliphatic carbocycles. The largest absolute Gasteiger partial charge is 0.342 e. The van der Waals surface area contributed by atoms with E-state index in [0.29, 0.717) is 18.1 Å². The first-order chi connectivity index (χ1) is 13.0. The molecule has 1 fully saturated rings. The third kappa shape index (κ3) is 4.08. The van der Waals surface area contributed by atoms with Gasteiger partial charge in [-0.3, -0.25) is 0 Å². The molecule has 1 saturated heterocycles. The fraction of sp³-hybridized carbons (Fsp3) is 0.250. The van der Waals surface area contributed by atoms with Crippen LogP contribution in [0.5, 0.6) is 0 Å². The standard InChI is InChI=1S/C20H20ClN3O2S/c21-17-7-5-15(6-8-17)11-14-27(25,26)24-12-9-16(10-13-24)20-22-18-3-1-2-4-19(18)23-20/h1-8,11,14,16H,9-10,12-13H2,(H,22,23). The van der Waals surface area contributed by atoms with Crippen LogP contribution in [0.4, 0.5) is 0 Å². The molecule has 0 unspecified atom stereocenters. The van der Waals surface area contributed by atoms with Gasteiger partial charge >= 0.3 is 0 Å². The van der Waals surface area contributed by atoms with Gasteiger partial charge in [0.05, 0.1) is 11.0 Å². The van der Waals surface area contributed by atoms with Crippen LogP contribution in [0.15, 0.2) is 53.9 Å². The third-order valence-electron chi connectivity index (χ3n) is 4.91. The van der Waals surface area contributed by atoms with Crippen molar-refractivity contribution in [3.63, 3.8) is 0 Å². The number of hydrogen-bond acceptors (Lipinski definition) is 3. The Hall–Kier alpha value is -2.15. The number of benzene rings is 2. The Morgan fingerprint density at radius 1 is 1.07 bits per heavy atom. The number of hydrogen-bond donors (Lipinski definition) is 1. The summed E-state index contributed by atoms with van der Waals surface area (Å²) in [5, 5.41) is 1.90. The minimum absolute atomic E-state index is 0.254. The van der Waals surface area contributed by atoms with Crippen molar-refractivity contribution >= 4 is 38.7 Å². The van der Waals surface area contributed by atoms with Crippen LogP contribution in [0.1, 0.15) is 30.1 Å². The van der Waals surface area contributed by atoms with E-state index in [2.05, 4.69) is 9.97 Å². The number of nitrogens with one attached hydrogen (secondary N) is 1. The van der Waals surface area contributed by atoms with Gasteiger partial charge < -0.3 is 4.98 Å². The van der Waals surface area contributed by atoms with Crippen LogP contribution < -0.4 is 0 Å². The van der Waals surface area contributed by atoms with E-state index in [4.69, 9.17) is 11.6 Å². The highest BCUT2D eigenvalue weighted by atomic mass is 35.5. The predicted molar refractivity (Wildman–Crippen MR) is 109 cm³/mol. The lowest BCUT2D eigenvalue weighted by Crippen LogP contribution is -2.36. The number of para-hydroxylation sites is 2. The highest BCUT2D eigenvalue weighted by molar-refractivity contribution is 7.92. The van der Waals surface area contributed by atoms with E-state index in [1.54, 1.807) is 34.6 Å².